The maximum Gasteiger partial charge on any atom is 0.416 e. The fraction of sp³-hybridized carbons (Fsp3) is 0.222. The van der Waals surface area contributed by atoms with Gasteiger partial charge in [0.05, 0.1) is 16.3 Å². The minimum atomic E-state index is -4.42. The number of hydrogen-bond acceptors (Lipinski definition) is 1. The third-order valence-corrected chi connectivity index (χ3v) is 4.46. The monoisotopic (exact) mass is 369 g/mol. The number of benzene rings is 2. The lowest BCUT2D eigenvalue weighted by molar-refractivity contribution is -0.137. The molecule has 0 saturated carbocycles. The van der Waals surface area contributed by atoms with Crippen LogP contribution in [0.5, 0.6) is 0 Å². The van der Waals surface area contributed by atoms with Crippen molar-refractivity contribution in [3.05, 3.63) is 64.7 Å². The van der Waals surface area contributed by atoms with Gasteiger partial charge in [-0.3, -0.25) is 4.99 Å². The van der Waals surface area contributed by atoms with Crippen LogP contribution in [0, 0.1) is 0 Å². The summed E-state index contributed by atoms with van der Waals surface area (Å²) in [5, 5.41) is 0.205. The van der Waals surface area contributed by atoms with Crippen molar-refractivity contribution < 1.29 is 13.2 Å². The smallest absolute Gasteiger partial charge is 0.251 e. The minimum Gasteiger partial charge on any atom is -0.251 e. The second-order valence-electron chi connectivity index (χ2n) is 5.00. The molecule has 0 saturated heterocycles. The molecule has 6 heteroatoms. The topological polar surface area (TPSA) is 12.4 Å². The van der Waals surface area contributed by atoms with E-state index in [1.165, 1.54) is 6.07 Å². The second kappa shape index (κ2) is 8.46. The zero-order valence-corrected chi connectivity index (χ0v) is 14.7. The average Bonchev–Trinajstić information content (AvgIpc) is 2.55. The van der Waals surface area contributed by atoms with Crippen LogP contribution < -0.4 is 0 Å². The Morgan fingerprint density at radius 2 is 1.88 bits per heavy atom. The molecule has 2 rings (SSSR count). The molecule has 0 aliphatic heterocycles. The molecular weight excluding hydrogens is 354 g/mol. The molecule has 0 amide bonds. The van der Waals surface area contributed by atoms with E-state index in [0.29, 0.717) is 6.42 Å². The first-order valence-corrected chi connectivity index (χ1v) is 8.88. The zero-order valence-electron chi connectivity index (χ0n) is 13.0. The fourth-order valence-corrected chi connectivity index (χ4v) is 2.87. The number of alkyl halides is 3. The van der Waals surface area contributed by atoms with Gasteiger partial charge in [-0.15, -0.1) is 8.20 Å². The minimum absolute atomic E-state index is 0.141. The van der Waals surface area contributed by atoms with Crippen LogP contribution in [-0.2, 0) is 6.18 Å². The van der Waals surface area contributed by atoms with Crippen LogP contribution in [0.25, 0.3) is 0 Å². The number of hydrogen-bond donors (Lipinski definition) is 0. The van der Waals surface area contributed by atoms with Gasteiger partial charge in [0.1, 0.15) is 0 Å². The molecular formula is C18H16ClF3NP. The molecule has 0 atom stereocenters. The summed E-state index contributed by atoms with van der Waals surface area (Å²) < 4.78 is 38.7. The standard InChI is InChI=1S/C18H16ClF3NP/c1-2-24-11-10-16(13-6-4-3-5-7-13)23-17-12-14(18(20,21)22)8-9-15(17)19/h2-9,12H,10-11H2,1H3/b23-16-. The predicted octanol–water partition coefficient (Wildman–Crippen LogP) is 6.64. The Morgan fingerprint density at radius 1 is 1.17 bits per heavy atom. The van der Waals surface area contributed by atoms with Crippen molar-refractivity contribution >= 4 is 37.0 Å². The van der Waals surface area contributed by atoms with Gasteiger partial charge < -0.3 is 0 Å². The summed E-state index contributed by atoms with van der Waals surface area (Å²) >= 11 is 6.06. The van der Waals surface area contributed by atoms with E-state index in [0.717, 1.165) is 37.8 Å². The van der Waals surface area contributed by atoms with E-state index in [4.69, 9.17) is 11.6 Å². The van der Waals surface area contributed by atoms with Crippen LogP contribution in [0.3, 0.4) is 0 Å². The molecule has 0 fully saturated rings. The predicted molar refractivity (Wildman–Crippen MR) is 97.2 cm³/mol. The van der Waals surface area contributed by atoms with Crippen molar-refractivity contribution in [2.45, 2.75) is 19.5 Å². The van der Waals surface area contributed by atoms with E-state index >= 15 is 0 Å². The number of aliphatic imine (C=N–C) groups is 1. The Labute approximate surface area is 146 Å². The van der Waals surface area contributed by atoms with Crippen LogP contribution >= 0.6 is 19.8 Å². The largest absolute Gasteiger partial charge is 0.416 e. The van der Waals surface area contributed by atoms with Gasteiger partial charge >= 0.3 is 6.18 Å². The number of halogens is 4. The Hall–Kier alpha value is -1.64. The summed E-state index contributed by atoms with van der Waals surface area (Å²) in [7, 11) is 1.16. The summed E-state index contributed by atoms with van der Waals surface area (Å²) in [4.78, 5) is 4.44. The Bertz CT molecular complexity index is 740. The summed E-state index contributed by atoms with van der Waals surface area (Å²) in [6, 6.07) is 12.6. The van der Waals surface area contributed by atoms with E-state index < -0.39 is 11.7 Å². The normalized spacial score (nSPS) is 12.8. The molecule has 2 aromatic rings. The van der Waals surface area contributed by atoms with Crippen molar-refractivity contribution in [1.82, 2.24) is 0 Å². The van der Waals surface area contributed by atoms with Gasteiger partial charge in [-0.1, -0.05) is 47.7 Å². The van der Waals surface area contributed by atoms with Gasteiger partial charge in [-0.2, -0.15) is 13.2 Å². The quantitative estimate of drug-likeness (QED) is 0.414. The van der Waals surface area contributed by atoms with E-state index in [2.05, 4.69) is 4.99 Å². The molecule has 0 bridgehead atoms. The Morgan fingerprint density at radius 3 is 2.50 bits per heavy atom. The molecule has 0 aliphatic carbocycles. The Kier molecular flexibility index (Phi) is 6.59. The van der Waals surface area contributed by atoms with Crippen molar-refractivity contribution in [2.24, 2.45) is 4.99 Å². The lowest BCUT2D eigenvalue weighted by Crippen LogP contribution is -2.05. The third kappa shape index (κ3) is 5.19. The van der Waals surface area contributed by atoms with E-state index in [-0.39, 0.29) is 10.7 Å². The highest BCUT2D eigenvalue weighted by atomic mass is 35.5. The number of rotatable bonds is 5. The molecule has 0 spiro atoms. The van der Waals surface area contributed by atoms with Gasteiger partial charge in [0.15, 0.2) is 0 Å². The van der Waals surface area contributed by atoms with Gasteiger partial charge in [0.25, 0.3) is 0 Å². The van der Waals surface area contributed by atoms with Crippen LogP contribution in [0.1, 0.15) is 24.5 Å². The highest BCUT2D eigenvalue weighted by Gasteiger charge is 2.31. The van der Waals surface area contributed by atoms with Crippen LogP contribution in [0.4, 0.5) is 18.9 Å². The van der Waals surface area contributed by atoms with Crippen molar-refractivity contribution in [3.63, 3.8) is 0 Å². The molecule has 2 aromatic carbocycles. The van der Waals surface area contributed by atoms with Gasteiger partial charge in [-0.05, 0) is 43.3 Å². The summed E-state index contributed by atoms with van der Waals surface area (Å²) in [6.07, 6.45) is -2.92. The number of nitrogens with zero attached hydrogens (tertiary/aromatic N) is 1. The molecule has 0 aromatic heterocycles. The maximum atomic E-state index is 12.9. The lowest BCUT2D eigenvalue weighted by atomic mass is 10.1. The van der Waals surface area contributed by atoms with Crippen LogP contribution in [0.15, 0.2) is 53.5 Å². The molecule has 0 N–H and O–H groups in total. The molecule has 0 heterocycles. The zero-order chi connectivity index (χ0) is 17.6. The van der Waals surface area contributed by atoms with Gasteiger partial charge in [0.2, 0.25) is 0 Å². The van der Waals surface area contributed by atoms with Crippen LogP contribution in [0.2, 0.25) is 5.02 Å². The average molecular weight is 370 g/mol. The second-order valence-corrected chi connectivity index (χ2v) is 6.74. The maximum absolute atomic E-state index is 12.9. The molecule has 0 radical (unpaired) electrons. The van der Waals surface area contributed by atoms with Crippen molar-refractivity contribution in [3.8, 4) is 0 Å². The van der Waals surface area contributed by atoms with Gasteiger partial charge in [-0.25, -0.2) is 0 Å². The molecule has 0 unspecified atom stereocenters. The van der Waals surface area contributed by atoms with E-state index in [1.54, 1.807) is 0 Å². The van der Waals surface area contributed by atoms with Crippen molar-refractivity contribution in [1.29, 1.82) is 0 Å². The van der Waals surface area contributed by atoms with Crippen LogP contribution in [-0.4, -0.2) is 17.7 Å². The first-order chi connectivity index (χ1) is 11.4. The Balaban J connectivity index is 2.45. The first kappa shape index (κ1) is 18.7. The van der Waals surface area contributed by atoms with Crippen molar-refractivity contribution in [2.75, 3.05) is 6.16 Å². The molecule has 0 aliphatic rings. The van der Waals surface area contributed by atoms with E-state index in [9.17, 15) is 13.2 Å². The van der Waals surface area contributed by atoms with Gasteiger partial charge in [0, 0.05) is 5.71 Å². The lowest BCUT2D eigenvalue weighted by Gasteiger charge is -2.10. The third-order valence-electron chi connectivity index (χ3n) is 3.30. The first-order valence-electron chi connectivity index (χ1n) is 7.36. The highest BCUT2D eigenvalue weighted by molar-refractivity contribution is 7.38. The SMILES string of the molecule is C/C=P\CC/C(=N/c1cc(C(F)(F)F)ccc1Cl)c1ccccc1. The van der Waals surface area contributed by atoms with E-state index in [1.807, 2.05) is 43.1 Å². The highest BCUT2D eigenvalue weighted by Crippen LogP contribution is 2.35. The molecule has 24 heavy (non-hydrogen) atoms. The summed E-state index contributed by atoms with van der Waals surface area (Å²) in [6.45, 7) is 1.96. The summed E-state index contributed by atoms with van der Waals surface area (Å²) in [5.41, 5.74) is 1.00. The molecule has 1 nitrogen and oxygen atoms in total. The fourth-order valence-electron chi connectivity index (χ4n) is 2.11. The summed E-state index contributed by atoms with van der Waals surface area (Å²) in [5.74, 6) is 2.03. The molecule has 126 valence electrons.